The fourth-order valence-corrected chi connectivity index (χ4v) is 2.48. The molecule has 0 fully saturated rings. The second-order valence-electron chi connectivity index (χ2n) is 5.20. The number of nitrogens with zero attached hydrogens (tertiary/aromatic N) is 2. The van der Waals surface area contributed by atoms with Crippen molar-refractivity contribution in [1.29, 1.82) is 0 Å². The molecule has 2 N–H and O–H groups in total. The summed E-state index contributed by atoms with van der Waals surface area (Å²) >= 11 is 0. The van der Waals surface area contributed by atoms with E-state index in [2.05, 4.69) is 54.1 Å². The van der Waals surface area contributed by atoms with Crippen molar-refractivity contribution in [1.82, 2.24) is 4.98 Å². The fourth-order valence-electron chi connectivity index (χ4n) is 2.48. The molecular formula is C17H23N3. The monoisotopic (exact) mass is 269 g/mol. The van der Waals surface area contributed by atoms with Crippen molar-refractivity contribution in [3.8, 4) is 0 Å². The molecule has 1 aromatic heterocycles. The minimum atomic E-state index is 0.133. The predicted molar refractivity (Wildman–Crippen MR) is 85.4 cm³/mol. The first-order chi connectivity index (χ1) is 9.63. The highest BCUT2D eigenvalue weighted by atomic mass is 15.2. The first-order valence-corrected chi connectivity index (χ1v) is 7.16. The molecule has 1 heterocycles. The Morgan fingerprint density at radius 2 is 1.95 bits per heavy atom. The Labute approximate surface area is 121 Å². The third kappa shape index (κ3) is 3.17. The number of nitrogens with two attached hydrogens (primary N) is 1. The molecule has 0 aliphatic heterocycles. The fraction of sp³-hybridized carbons (Fsp3) is 0.353. The topological polar surface area (TPSA) is 42.2 Å². The average Bonchev–Trinajstić information content (AvgIpc) is 2.43. The number of hydrogen-bond donors (Lipinski definition) is 1. The van der Waals surface area contributed by atoms with Crippen molar-refractivity contribution in [2.24, 2.45) is 5.73 Å². The number of rotatable bonds is 5. The lowest BCUT2D eigenvalue weighted by molar-refractivity contribution is 0.733. The molecule has 0 radical (unpaired) electrons. The Morgan fingerprint density at radius 1 is 1.20 bits per heavy atom. The normalized spacial score (nSPS) is 12.2. The predicted octanol–water partition coefficient (Wildman–Crippen LogP) is 3.44. The molecule has 106 valence electrons. The van der Waals surface area contributed by atoms with E-state index >= 15 is 0 Å². The van der Waals surface area contributed by atoms with Crippen LogP contribution in [0, 0.1) is 6.92 Å². The van der Waals surface area contributed by atoms with Crippen molar-refractivity contribution in [3.05, 3.63) is 53.7 Å². The molecule has 0 aliphatic rings. The minimum Gasteiger partial charge on any atom is -0.328 e. The number of pyridine rings is 1. The van der Waals surface area contributed by atoms with E-state index in [0.717, 1.165) is 18.8 Å². The maximum atomic E-state index is 5.96. The van der Waals surface area contributed by atoms with Crippen LogP contribution in [0.5, 0.6) is 0 Å². The number of aryl methyl sites for hydroxylation is 1. The summed E-state index contributed by atoms with van der Waals surface area (Å²) in [5.74, 6) is 1.02. The van der Waals surface area contributed by atoms with Gasteiger partial charge >= 0.3 is 0 Å². The van der Waals surface area contributed by atoms with Gasteiger partial charge in [-0.2, -0.15) is 0 Å². The Balaban J connectivity index is 2.45. The molecule has 0 spiro atoms. The van der Waals surface area contributed by atoms with Gasteiger partial charge in [-0.1, -0.05) is 24.3 Å². The Kier molecular flexibility index (Phi) is 4.74. The van der Waals surface area contributed by atoms with Crippen LogP contribution in [0.1, 0.15) is 25.0 Å². The first-order valence-electron chi connectivity index (χ1n) is 7.16. The highest BCUT2D eigenvalue weighted by molar-refractivity contribution is 5.65. The first kappa shape index (κ1) is 14.5. The van der Waals surface area contributed by atoms with Crippen LogP contribution in [0.3, 0.4) is 0 Å². The van der Waals surface area contributed by atoms with Crippen LogP contribution in [-0.2, 0) is 6.42 Å². The van der Waals surface area contributed by atoms with Crippen LogP contribution in [0.25, 0.3) is 0 Å². The van der Waals surface area contributed by atoms with Gasteiger partial charge in [-0.05, 0) is 50.5 Å². The van der Waals surface area contributed by atoms with Crippen molar-refractivity contribution in [3.63, 3.8) is 0 Å². The van der Waals surface area contributed by atoms with Crippen LogP contribution < -0.4 is 10.6 Å². The highest BCUT2D eigenvalue weighted by Crippen LogP contribution is 2.29. The highest BCUT2D eigenvalue weighted by Gasteiger charge is 2.15. The second kappa shape index (κ2) is 6.53. The minimum absolute atomic E-state index is 0.133. The van der Waals surface area contributed by atoms with Gasteiger partial charge in [0.25, 0.3) is 0 Å². The lowest BCUT2D eigenvalue weighted by Crippen LogP contribution is -2.23. The summed E-state index contributed by atoms with van der Waals surface area (Å²) in [5, 5.41) is 0. The quantitative estimate of drug-likeness (QED) is 0.904. The van der Waals surface area contributed by atoms with Gasteiger partial charge in [0.15, 0.2) is 0 Å². The zero-order valence-electron chi connectivity index (χ0n) is 12.5. The van der Waals surface area contributed by atoms with Gasteiger partial charge in [-0.15, -0.1) is 0 Å². The molecule has 0 aliphatic carbocycles. The molecule has 1 unspecified atom stereocenters. The summed E-state index contributed by atoms with van der Waals surface area (Å²) < 4.78 is 0. The van der Waals surface area contributed by atoms with Crippen molar-refractivity contribution >= 4 is 11.5 Å². The third-order valence-electron chi connectivity index (χ3n) is 3.39. The van der Waals surface area contributed by atoms with Crippen LogP contribution in [-0.4, -0.2) is 17.6 Å². The lowest BCUT2D eigenvalue weighted by Gasteiger charge is -2.26. The molecule has 0 bridgehead atoms. The summed E-state index contributed by atoms with van der Waals surface area (Å²) in [6, 6.07) is 12.6. The molecule has 2 aromatic rings. The van der Waals surface area contributed by atoms with Crippen LogP contribution >= 0.6 is 0 Å². The molecule has 1 aromatic carbocycles. The molecule has 3 heteroatoms. The lowest BCUT2D eigenvalue weighted by atomic mass is 10.1. The summed E-state index contributed by atoms with van der Waals surface area (Å²) in [7, 11) is 0. The van der Waals surface area contributed by atoms with E-state index in [-0.39, 0.29) is 6.04 Å². The van der Waals surface area contributed by atoms with E-state index in [1.807, 2.05) is 19.2 Å². The number of aromatic nitrogens is 1. The van der Waals surface area contributed by atoms with Gasteiger partial charge in [0.1, 0.15) is 5.82 Å². The van der Waals surface area contributed by atoms with E-state index in [0.29, 0.717) is 0 Å². The molecule has 0 saturated heterocycles. The maximum absolute atomic E-state index is 5.96. The van der Waals surface area contributed by atoms with E-state index in [9.17, 15) is 0 Å². The summed E-state index contributed by atoms with van der Waals surface area (Å²) in [6.45, 7) is 7.19. The maximum Gasteiger partial charge on any atom is 0.136 e. The molecular weight excluding hydrogens is 246 g/mol. The van der Waals surface area contributed by atoms with E-state index in [1.54, 1.807) is 0 Å². The van der Waals surface area contributed by atoms with Crippen LogP contribution in [0.15, 0.2) is 42.6 Å². The summed E-state index contributed by atoms with van der Waals surface area (Å²) in [5.41, 5.74) is 9.62. The Morgan fingerprint density at radius 3 is 2.60 bits per heavy atom. The Hall–Kier alpha value is -1.87. The van der Waals surface area contributed by atoms with E-state index in [1.165, 1.54) is 16.8 Å². The smallest absolute Gasteiger partial charge is 0.136 e. The molecule has 1 atom stereocenters. The van der Waals surface area contributed by atoms with Gasteiger partial charge in [0.05, 0.1) is 0 Å². The second-order valence-corrected chi connectivity index (χ2v) is 5.20. The van der Waals surface area contributed by atoms with Crippen molar-refractivity contribution in [2.45, 2.75) is 33.2 Å². The van der Waals surface area contributed by atoms with Gasteiger partial charge in [0, 0.05) is 24.5 Å². The molecule has 2 rings (SSSR count). The van der Waals surface area contributed by atoms with Gasteiger partial charge < -0.3 is 10.6 Å². The number of benzene rings is 1. The average molecular weight is 269 g/mol. The Bertz CT molecular complexity index is 564. The van der Waals surface area contributed by atoms with E-state index < -0.39 is 0 Å². The number of para-hydroxylation sites is 1. The SMILES string of the molecule is CCN(c1ccccc1C)c1ncccc1CC(C)N. The molecule has 3 nitrogen and oxygen atoms in total. The van der Waals surface area contributed by atoms with Crippen molar-refractivity contribution in [2.75, 3.05) is 11.4 Å². The zero-order chi connectivity index (χ0) is 14.5. The van der Waals surface area contributed by atoms with Crippen LogP contribution in [0.4, 0.5) is 11.5 Å². The summed E-state index contributed by atoms with van der Waals surface area (Å²) in [4.78, 5) is 6.85. The zero-order valence-corrected chi connectivity index (χ0v) is 12.5. The largest absolute Gasteiger partial charge is 0.328 e. The van der Waals surface area contributed by atoms with Crippen LogP contribution in [0.2, 0.25) is 0 Å². The summed E-state index contributed by atoms with van der Waals surface area (Å²) in [6.07, 6.45) is 2.69. The van der Waals surface area contributed by atoms with Crippen molar-refractivity contribution < 1.29 is 0 Å². The number of hydrogen-bond acceptors (Lipinski definition) is 3. The van der Waals surface area contributed by atoms with Gasteiger partial charge in [-0.25, -0.2) is 4.98 Å². The molecule has 0 saturated carbocycles. The van der Waals surface area contributed by atoms with Gasteiger partial charge in [0.2, 0.25) is 0 Å². The number of anilines is 2. The molecule has 20 heavy (non-hydrogen) atoms. The third-order valence-corrected chi connectivity index (χ3v) is 3.39. The standard InChI is InChI=1S/C17H23N3/c1-4-20(16-10-6-5-8-13(16)2)17-15(12-14(3)18)9-7-11-19-17/h5-11,14H,4,12,18H2,1-3H3. The molecule has 0 amide bonds. The van der Waals surface area contributed by atoms with E-state index in [4.69, 9.17) is 5.73 Å². The van der Waals surface area contributed by atoms with Gasteiger partial charge in [-0.3, -0.25) is 0 Å².